The zero-order chi connectivity index (χ0) is 12.5. The summed E-state index contributed by atoms with van der Waals surface area (Å²) < 4.78 is 4.88. The number of rotatable bonds is 7. The summed E-state index contributed by atoms with van der Waals surface area (Å²) >= 11 is 0. The van der Waals surface area contributed by atoms with E-state index >= 15 is 0 Å². The van der Waals surface area contributed by atoms with Crippen LogP contribution in [0.3, 0.4) is 0 Å². The van der Waals surface area contributed by atoms with Crippen molar-refractivity contribution < 1.29 is 9.53 Å². The number of ether oxygens (including phenoxy) is 1. The summed E-state index contributed by atoms with van der Waals surface area (Å²) in [5.41, 5.74) is 1.11. The number of hydrogen-bond acceptors (Lipinski definition) is 3. The number of nitrogens with one attached hydrogen (secondary N) is 2. The van der Waals surface area contributed by atoms with Crippen LogP contribution in [0.4, 0.5) is 0 Å². The second-order valence-corrected chi connectivity index (χ2v) is 3.87. The predicted molar refractivity (Wildman–Crippen MR) is 75.0 cm³/mol. The molecule has 1 atom stereocenters. The van der Waals surface area contributed by atoms with Crippen LogP contribution in [0.15, 0.2) is 30.3 Å². The van der Waals surface area contributed by atoms with Crippen molar-refractivity contribution in [1.29, 1.82) is 0 Å². The summed E-state index contributed by atoms with van der Waals surface area (Å²) in [6, 6.07) is 9.94. The van der Waals surface area contributed by atoms with Crippen LogP contribution in [0.25, 0.3) is 0 Å². The summed E-state index contributed by atoms with van der Waals surface area (Å²) in [6.45, 7) is 3.59. The zero-order valence-corrected chi connectivity index (χ0v) is 11.6. The number of methoxy groups -OCH3 is 1. The summed E-state index contributed by atoms with van der Waals surface area (Å²) in [5.74, 6) is -0.00236. The standard InChI is InChI=1S/C13H20N2O2.ClH/c1-11(12-6-4-3-5-7-12)15-13(16)10-14-8-9-17-2;/h3-7,11,14H,8-10H2,1-2H3,(H,15,16);1H. The summed E-state index contributed by atoms with van der Waals surface area (Å²) in [5, 5.41) is 5.94. The van der Waals surface area contributed by atoms with Crippen LogP contribution >= 0.6 is 12.4 Å². The molecular weight excluding hydrogens is 252 g/mol. The molecule has 1 rings (SSSR count). The van der Waals surface area contributed by atoms with Gasteiger partial charge in [-0.3, -0.25) is 4.79 Å². The molecule has 0 aliphatic heterocycles. The highest BCUT2D eigenvalue weighted by atomic mass is 35.5. The first-order chi connectivity index (χ1) is 8.24. The molecule has 18 heavy (non-hydrogen) atoms. The van der Waals surface area contributed by atoms with Crippen LogP contribution in [-0.2, 0) is 9.53 Å². The predicted octanol–water partition coefficient (Wildman–Crippen LogP) is 1.52. The molecule has 0 aromatic heterocycles. The average Bonchev–Trinajstić information content (AvgIpc) is 2.36. The van der Waals surface area contributed by atoms with Crippen LogP contribution in [-0.4, -0.2) is 32.7 Å². The zero-order valence-electron chi connectivity index (χ0n) is 10.8. The van der Waals surface area contributed by atoms with E-state index < -0.39 is 0 Å². The summed E-state index contributed by atoms with van der Waals surface area (Å²) in [4.78, 5) is 11.6. The third-order valence-electron chi connectivity index (χ3n) is 2.45. The fraction of sp³-hybridized carbons (Fsp3) is 0.462. The highest BCUT2D eigenvalue weighted by Gasteiger charge is 2.07. The largest absolute Gasteiger partial charge is 0.383 e. The lowest BCUT2D eigenvalue weighted by molar-refractivity contribution is -0.120. The Hall–Kier alpha value is -1.10. The fourth-order valence-electron chi connectivity index (χ4n) is 1.49. The quantitative estimate of drug-likeness (QED) is 0.740. The van der Waals surface area contributed by atoms with Crippen LogP contribution < -0.4 is 10.6 Å². The summed E-state index contributed by atoms with van der Waals surface area (Å²) in [7, 11) is 1.64. The molecule has 1 amide bonds. The van der Waals surface area contributed by atoms with Gasteiger partial charge in [0.2, 0.25) is 5.91 Å². The monoisotopic (exact) mass is 272 g/mol. The lowest BCUT2D eigenvalue weighted by atomic mass is 10.1. The molecule has 1 aromatic rings. The first-order valence-electron chi connectivity index (χ1n) is 5.78. The van der Waals surface area contributed by atoms with Crippen molar-refractivity contribution in [2.24, 2.45) is 0 Å². The van der Waals surface area contributed by atoms with E-state index in [1.807, 2.05) is 37.3 Å². The molecule has 0 heterocycles. The van der Waals surface area contributed by atoms with Crippen molar-refractivity contribution in [3.05, 3.63) is 35.9 Å². The maximum atomic E-state index is 11.6. The van der Waals surface area contributed by atoms with Gasteiger partial charge in [-0.25, -0.2) is 0 Å². The maximum absolute atomic E-state index is 11.6. The number of carbonyl (C=O) groups is 1. The van der Waals surface area contributed by atoms with Crippen LogP contribution in [0, 0.1) is 0 Å². The van der Waals surface area contributed by atoms with Gasteiger partial charge >= 0.3 is 0 Å². The minimum atomic E-state index is -0.00236. The molecular formula is C13H21ClN2O2. The smallest absolute Gasteiger partial charge is 0.234 e. The molecule has 0 saturated carbocycles. The van der Waals surface area contributed by atoms with E-state index in [4.69, 9.17) is 4.74 Å². The normalized spacial score (nSPS) is 11.4. The van der Waals surface area contributed by atoms with Gasteiger partial charge in [-0.1, -0.05) is 30.3 Å². The molecule has 5 heteroatoms. The van der Waals surface area contributed by atoms with E-state index in [-0.39, 0.29) is 24.4 Å². The SMILES string of the molecule is COCCNCC(=O)NC(C)c1ccccc1.Cl. The Kier molecular flexibility index (Phi) is 9.28. The fourth-order valence-corrected chi connectivity index (χ4v) is 1.49. The minimum absolute atomic E-state index is 0. The first-order valence-corrected chi connectivity index (χ1v) is 5.78. The van der Waals surface area contributed by atoms with Crippen molar-refractivity contribution in [3.8, 4) is 0 Å². The lowest BCUT2D eigenvalue weighted by Gasteiger charge is -2.14. The number of amides is 1. The average molecular weight is 273 g/mol. The van der Waals surface area contributed by atoms with Gasteiger partial charge in [0, 0.05) is 13.7 Å². The van der Waals surface area contributed by atoms with Crippen molar-refractivity contribution >= 4 is 18.3 Å². The van der Waals surface area contributed by atoms with E-state index in [0.29, 0.717) is 19.7 Å². The molecule has 0 radical (unpaired) electrons. The third kappa shape index (κ3) is 6.59. The van der Waals surface area contributed by atoms with E-state index in [9.17, 15) is 4.79 Å². The Morgan fingerprint density at radius 2 is 2.00 bits per heavy atom. The second kappa shape index (κ2) is 9.88. The Morgan fingerprint density at radius 1 is 1.33 bits per heavy atom. The Morgan fingerprint density at radius 3 is 2.61 bits per heavy atom. The maximum Gasteiger partial charge on any atom is 0.234 e. The molecule has 0 bridgehead atoms. The molecule has 1 aromatic carbocycles. The highest BCUT2D eigenvalue weighted by Crippen LogP contribution is 2.10. The van der Waals surface area contributed by atoms with E-state index in [0.717, 1.165) is 5.56 Å². The molecule has 1 unspecified atom stereocenters. The van der Waals surface area contributed by atoms with Crippen molar-refractivity contribution in [2.75, 3.05) is 26.8 Å². The van der Waals surface area contributed by atoms with Gasteiger partial charge in [0.15, 0.2) is 0 Å². The summed E-state index contributed by atoms with van der Waals surface area (Å²) in [6.07, 6.45) is 0. The van der Waals surface area contributed by atoms with Gasteiger partial charge in [0.1, 0.15) is 0 Å². The van der Waals surface area contributed by atoms with Gasteiger partial charge in [0.25, 0.3) is 0 Å². The molecule has 0 aliphatic carbocycles. The Labute approximate surface area is 115 Å². The van der Waals surface area contributed by atoms with Gasteiger partial charge < -0.3 is 15.4 Å². The molecule has 0 spiro atoms. The van der Waals surface area contributed by atoms with Crippen molar-refractivity contribution in [3.63, 3.8) is 0 Å². The molecule has 2 N–H and O–H groups in total. The number of hydrogen-bond donors (Lipinski definition) is 2. The van der Waals surface area contributed by atoms with Crippen molar-refractivity contribution in [2.45, 2.75) is 13.0 Å². The number of halogens is 1. The first kappa shape index (κ1) is 16.9. The van der Waals surface area contributed by atoms with Gasteiger partial charge in [-0.15, -0.1) is 12.4 Å². The molecule has 4 nitrogen and oxygen atoms in total. The van der Waals surface area contributed by atoms with Crippen molar-refractivity contribution in [1.82, 2.24) is 10.6 Å². The topological polar surface area (TPSA) is 50.4 Å². The van der Waals surface area contributed by atoms with Crippen LogP contribution in [0.5, 0.6) is 0 Å². The third-order valence-corrected chi connectivity index (χ3v) is 2.45. The second-order valence-electron chi connectivity index (χ2n) is 3.87. The minimum Gasteiger partial charge on any atom is -0.383 e. The molecule has 0 aliphatic rings. The van der Waals surface area contributed by atoms with E-state index in [1.54, 1.807) is 7.11 Å². The Bertz CT molecular complexity index is 333. The molecule has 0 saturated heterocycles. The van der Waals surface area contributed by atoms with Gasteiger partial charge in [-0.2, -0.15) is 0 Å². The van der Waals surface area contributed by atoms with Gasteiger partial charge in [-0.05, 0) is 12.5 Å². The number of carbonyl (C=O) groups excluding carboxylic acids is 1. The van der Waals surface area contributed by atoms with Gasteiger partial charge in [0.05, 0.1) is 19.2 Å². The van der Waals surface area contributed by atoms with E-state index in [1.165, 1.54) is 0 Å². The molecule has 102 valence electrons. The lowest BCUT2D eigenvalue weighted by Crippen LogP contribution is -2.36. The van der Waals surface area contributed by atoms with Crippen LogP contribution in [0.2, 0.25) is 0 Å². The van der Waals surface area contributed by atoms with E-state index in [2.05, 4.69) is 10.6 Å². The number of benzene rings is 1. The molecule has 0 fully saturated rings. The van der Waals surface area contributed by atoms with Crippen LogP contribution in [0.1, 0.15) is 18.5 Å². The Balaban J connectivity index is 0.00000289. The highest BCUT2D eigenvalue weighted by molar-refractivity contribution is 5.85.